The van der Waals surface area contributed by atoms with Crippen LogP contribution in [0, 0.1) is 11.6 Å². The molecule has 15 heavy (non-hydrogen) atoms. The van der Waals surface area contributed by atoms with Crippen molar-refractivity contribution in [2.24, 2.45) is 0 Å². The monoisotopic (exact) mass is 215 g/mol. The molecule has 5 heteroatoms. The highest BCUT2D eigenvalue weighted by Gasteiger charge is 2.14. The first-order valence-corrected chi connectivity index (χ1v) is 4.53. The molecule has 1 amide bonds. The minimum absolute atomic E-state index is 0.238. The summed E-state index contributed by atoms with van der Waals surface area (Å²) in [6.07, 6.45) is 0.857. The van der Waals surface area contributed by atoms with Crippen LogP contribution in [-0.2, 0) is 4.79 Å². The molecule has 0 saturated carbocycles. The number of nitrogens with one attached hydrogen (secondary N) is 1. The van der Waals surface area contributed by atoms with Crippen LogP contribution in [0.4, 0.5) is 14.5 Å². The van der Waals surface area contributed by atoms with Gasteiger partial charge in [0.25, 0.3) is 0 Å². The van der Waals surface area contributed by atoms with Gasteiger partial charge < -0.3 is 10.4 Å². The van der Waals surface area contributed by atoms with Crippen LogP contribution in [0.3, 0.4) is 0 Å². The SMILES string of the molecule is CCCC(=O)Nc1ccc(O)c(F)c1F. The molecule has 0 aliphatic rings. The second kappa shape index (κ2) is 4.72. The van der Waals surface area contributed by atoms with Crippen molar-refractivity contribution >= 4 is 11.6 Å². The van der Waals surface area contributed by atoms with Crippen LogP contribution in [-0.4, -0.2) is 11.0 Å². The Morgan fingerprint density at radius 3 is 2.67 bits per heavy atom. The molecule has 0 spiro atoms. The molecule has 0 saturated heterocycles. The van der Waals surface area contributed by atoms with Crippen LogP contribution in [0.25, 0.3) is 0 Å². The third kappa shape index (κ3) is 2.65. The molecule has 1 aromatic carbocycles. The van der Waals surface area contributed by atoms with Crippen LogP contribution in [0.1, 0.15) is 19.8 Å². The fourth-order valence-corrected chi connectivity index (χ4v) is 1.08. The zero-order valence-electron chi connectivity index (χ0n) is 8.18. The molecule has 0 heterocycles. The summed E-state index contributed by atoms with van der Waals surface area (Å²) in [5.41, 5.74) is -0.260. The van der Waals surface area contributed by atoms with Crippen molar-refractivity contribution in [3.8, 4) is 5.75 Å². The number of hydrogen-bond acceptors (Lipinski definition) is 2. The number of phenols is 1. The van der Waals surface area contributed by atoms with Gasteiger partial charge in [-0.2, -0.15) is 4.39 Å². The van der Waals surface area contributed by atoms with E-state index in [2.05, 4.69) is 5.32 Å². The zero-order valence-corrected chi connectivity index (χ0v) is 8.18. The van der Waals surface area contributed by atoms with Gasteiger partial charge in [0.2, 0.25) is 11.7 Å². The third-order valence-electron chi connectivity index (χ3n) is 1.81. The molecule has 0 atom stereocenters. The van der Waals surface area contributed by atoms with E-state index in [0.29, 0.717) is 6.42 Å². The zero-order chi connectivity index (χ0) is 11.4. The van der Waals surface area contributed by atoms with E-state index in [1.807, 2.05) is 0 Å². The summed E-state index contributed by atoms with van der Waals surface area (Å²) in [6.45, 7) is 1.80. The molecule has 0 fully saturated rings. The number of carbonyl (C=O) groups excluding carboxylic acids is 1. The second-order valence-corrected chi connectivity index (χ2v) is 3.06. The topological polar surface area (TPSA) is 49.3 Å². The molecular weight excluding hydrogens is 204 g/mol. The van der Waals surface area contributed by atoms with E-state index in [1.54, 1.807) is 6.92 Å². The van der Waals surface area contributed by atoms with E-state index >= 15 is 0 Å². The van der Waals surface area contributed by atoms with Crippen LogP contribution in [0.15, 0.2) is 12.1 Å². The molecular formula is C10H11F2NO2. The van der Waals surface area contributed by atoms with E-state index in [0.717, 1.165) is 12.1 Å². The predicted molar refractivity (Wildman–Crippen MR) is 51.6 cm³/mol. The summed E-state index contributed by atoms with van der Waals surface area (Å²) < 4.78 is 26.0. The molecule has 1 aromatic rings. The lowest BCUT2D eigenvalue weighted by Crippen LogP contribution is -2.12. The maximum atomic E-state index is 13.1. The molecule has 0 unspecified atom stereocenters. The van der Waals surface area contributed by atoms with Crippen LogP contribution >= 0.6 is 0 Å². The van der Waals surface area contributed by atoms with Gasteiger partial charge in [-0.15, -0.1) is 0 Å². The average molecular weight is 215 g/mol. The van der Waals surface area contributed by atoms with E-state index in [4.69, 9.17) is 5.11 Å². The largest absolute Gasteiger partial charge is 0.505 e. The summed E-state index contributed by atoms with van der Waals surface area (Å²) in [6, 6.07) is 2.10. The van der Waals surface area contributed by atoms with Gasteiger partial charge >= 0.3 is 0 Å². The molecule has 0 aliphatic heterocycles. The Labute approximate surface area is 85.7 Å². The van der Waals surface area contributed by atoms with Crippen molar-refractivity contribution in [3.63, 3.8) is 0 Å². The Bertz CT molecular complexity index is 380. The van der Waals surface area contributed by atoms with Crippen molar-refractivity contribution < 1.29 is 18.7 Å². The van der Waals surface area contributed by atoms with Gasteiger partial charge in [-0.1, -0.05) is 6.92 Å². The molecule has 0 aromatic heterocycles. The number of phenolic OH excluding ortho intramolecular Hbond substituents is 1. The Hall–Kier alpha value is -1.65. The lowest BCUT2D eigenvalue weighted by Gasteiger charge is -2.06. The summed E-state index contributed by atoms with van der Waals surface area (Å²) in [4.78, 5) is 11.1. The van der Waals surface area contributed by atoms with Gasteiger partial charge in [-0.05, 0) is 18.6 Å². The Morgan fingerprint density at radius 1 is 1.40 bits per heavy atom. The average Bonchev–Trinajstić information content (AvgIpc) is 2.20. The van der Waals surface area contributed by atoms with Gasteiger partial charge in [0.1, 0.15) is 0 Å². The normalized spacial score (nSPS) is 10.1. The summed E-state index contributed by atoms with van der Waals surface area (Å²) in [5, 5.41) is 11.0. The van der Waals surface area contributed by atoms with Crippen molar-refractivity contribution in [2.45, 2.75) is 19.8 Å². The fourth-order valence-electron chi connectivity index (χ4n) is 1.08. The quantitative estimate of drug-likeness (QED) is 0.760. The van der Waals surface area contributed by atoms with Crippen molar-refractivity contribution in [3.05, 3.63) is 23.8 Å². The minimum Gasteiger partial charge on any atom is -0.505 e. The maximum Gasteiger partial charge on any atom is 0.224 e. The van der Waals surface area contributed by atoms with Crippen molar-refractivity contribution in [1.29, 1.82) is 0 Å². The number of hydrogen-bond donors (Lipinski definition) is 2. The Balaban J connectivity index is 2.87. The first-order valence-electron chi connectivity index (χ1n) is 4.53. The highest BCUT2D eigenvalue weighted by molar-refractivity contribution is 5.90. The van der Waals surface area contributed by atoms with Gasteiger partial charge in [-0.25, -0.2) is 4.39 Å². The smallest absolute Gasteiger partial charge is 0.224 e. The molecule has 0 bridgehead atoms. The standard InChI is InChI=1S/C10H11F2NO2/c1-2-3-8(15)13-6-4-5-7(14)10(12)9(6)11/h4-5,14H,2-3H2,1H3,(H,13,15). The Kier molecular flexibility index (Phi) is 3.60. The minimum atomic E-state index is -1.36. The first kappa shape index (κ1) is 11.4. The number of aromatic hydroxyl groups is 1. The van der Waals surface area contributed by atoms with Crippen LogP contribution in [0.2, 0.25) is 0 Å². The van der Waals surface area contributed by atoms with Gasteiger partial charge in [0.15, 0.2) is 11.6 Å². The molecule has 0 aliphatic carbocycles. The highest BCUT2D eigenvalue weighted by atomic mass is 19.2. The second-order valence-electron chi connectivity index (χ2n) is 3.06. The lowest BCUT2D eigenvalue weighted by atomic mass is 10.2. The lowest BCUT2D eigenvalue weighted by molar-refractivity contribution is -0.116. The van der Waals surface area contributed by atoms with Gasteiger partial charge in [0.05, 0.1) is 5.69 Å². The van der Waals surface area contributed by atoms with Gasteiger partial charge in [-0.3, -0.25) is 4.79 Å². The summed E-state index contributed by atoms with van der Waals surface area (Å²) in [7, 11) is 0. The maximum absolute atomic E-state index is 13.1. The number of amides is 1. The van der Waals surface area contributed by atoms with Crippen molar-refractivity contribution in [1.82, 2.24) is 0 Å². The number of halogens is 2. The van der Waals surface area contributed by atoms with E-state index in [-0.39, 0.29) is 18.0 Å². The van der Waals surface area contributed by atoms with E-state index < -0.39 is 17.4 Å². The predicted octanol–water partition coefficient (Wildman–Crippen LogP) is 2.41. The summed E-state index contributed by atoms with van der Waals surface area (Å²) >= 11 is 0. The summed E-state index contributed by atoms with van der Waals surface area (Å²) in [5.74, 6) is -3.77. The Morgan fingerprint density at radius 2 is 2.07 bits per heavy atom. The van der Waals surface area contributed by atoms with Gasteiger partial charge in [0, 0.05) is 6.42 Å². The molecule has 2 N–H and O–H groups in total. The third-order valence-corrected chi connectivity index (χ3v) is 1.81. The molecule has 3 nitrogen and oxygen atoms in total. The number of rotatable bonds is 3. The van der Waals surface area contributed by atoms with E-state index in [9.17, 15) is 13.6 Å². The first-order chi connectivity index (χ1) is 7.06. The fraction of sp³-hybridized carbons (Fsp3) is 0.300. The number of benzene rings is 1. The molecule has 0 radical (unpaired) electrons. The van der Waals surface area contributed by atoms with Crippen LogP contribution in [0.5, 0.6) is 5.75 Å². The molecule has 1 rings (SSSR count). The highest BCUT2D eigenvalue weighted by Crippen LogP contribution is 2.24. The number of carbonyl (C=O) groups is 1. The van der Waals surface area contributed by atoms with Crippen molar-refractivity contribution in [2.75, 3.05) is 5.32 Å². The molecule has 82 valence electrons. The van der Waals surface area contributed by atoms with Crippen LogP contribution < -0.4 is 5.32 Å². The van der Waals surface area contributed by atoms with E-state index in [1.165, 1.54) is 0 Å². The number of anilines is 1.